The van der Waals surface area contributed by atoms with Crippen molar-refractivity contribution in [1.29, 1.82) is 0 Å². The second kappa shape index (κ2) is 5.06. The first kappa shape index (κ1) is 14.0. The van der Waals surface area contributed by atoms with Crippen molar-refractivity contribution in [3.05, 3.63) is 24.3 Å². The molecular formula is C11H14ClNO3S. The monoisotopic (exact) mass is 275 g/mol. The van der Waals surface area contributed by atoms with Crippen LogP contribution in [0.3, 0.4) is 0 Å². The van der Waals surface area contributed by atoms with Crippen molar-refractivity contribution in [1.82, 2.24) is 0 Å². The van der Waals surface area contributed by atoms with Crippen molar-refractivity contribution >= 4 is 31.3 Å². The Labute approximate surface area is 106 Å². The fourth-order valence-corrected chi connectivity index (χ4v) is 2.15. The Bertz CT molecular complexity index is 525. The maximum absolute atomic E-state index is 11.7. The Balaban J connectivity index is 3.13. The molecule has 6 heteroatoms. The molecule has 0 aliphatic heterocycles. The van der Waals surface area contributed by atoms with Crippen LogP contribution in [0.5, 0.6) is 0 Å². The quantitative estimate of drug-likeness (QED) is 0.795. The number of nitrogens with zero attached hydrogens (tertiary/aromatic N) is 1. The summed E-state index contributed by atoms with van der Waals surface area (Å²) in [6.45, 7) is 3.56. The molecule has 0 heterocycles. The average Bonchev–Trinajstić information content (AvgIpc) is 2.26. The zero-order valence-corrected chi connectivity index (χ0v) is 11.4. The number of anilines is 1. The van der Waals surface area contributed by atoms with Gasteiger partial charge in [0.05, 0.1) is 4.90 Å². The number of halogens is 1. The molecule has 1 rings (SSSR count). The normalized spacial score (nSPS) is 11.6. The average molecular weight is 276 g/mol. The summed E-state index contributed by atoms with van der Waals surface area (Å²) in [6.07, 6.45) is 0. The second-order valence-electron chi connectivity index (χ2n) is 3.99. The highest BCUT2D eigenvalue weighted by Gasteiger charge is 2.17. The van der Waals surface area contributed by atoms with Crippen LogP contribution >= 0.6 is 10.7 Å². The van der Waals surface area contributed by atoms with Crippen LogP contribution in [0, 0.1) is 5.92 Å². The fraction of sp³-hybridized carbons (Fsp3) is 0.364. The molecule has 94 valence electrons. The van der Waals surface area contributed by atoms with Crippen molar-refractivity contribution < 1.29 is 13.2 Å². The van der Waals surface area contributed by atoms with Gasteiger partial charge in [-0.2, -0.15) is 0 Å². The van der Waals surface area contributed by atoms with E-state index in [1.54, 1.807) is 33.0 Å². The molecule has 0 bridgehead atoms. The smallest absolute Gasteiger partial charge is 0.261 e. The van der Waals surface area contributed by atoms with E-state index < -0.39 is 9.05 Å². The van der Waals surface area contributed by atoms with E-state index in [1.807, 2.05) is 0 Å². The molecule has 0 radical (unpaired) electrons. The van der Waals surface area contributed by atoms with Gasteiger partial charge in [0.1, 0.15) is 0 Å². The van der Waals surface area contributed by atoms with Crippen LogP contribution in [0.15, 0.2) is 29.2 Å². The lowest BCUT2D eigenvalue weighted by molar-refractivity contribution is -0.121. The van der Waals surface area contributed by atoms with Gasteiger partial charge in [0.2, 0.25) is 5.91 Å². The van der Waals surface area contributed by atoms with E-state index in [4.69, 9.17) is 10.7 Å². The number of amides is 1. The number of carbonyl (C=O) groups is 1. The summed E-state index contributed by atoms with van der Waals surface area (Å²) < 4.78 is 22.3. The topological polar surface area (TPSA) is 54.5 Å². The van der Waals surface area contributed by atoms with Crippen LogP contribution in [0.4, 0.5) is 5.69 Å². The Morgan fingerprint density at radius 3 is 2.41 bits per heavy atom. The van der Waals surface area contributed by atoms with Crippen LogP contribution < -0.4 is 4.90 Å². The molecule has 0 atom stereocenters. The Morgan fingerprint density at radius 1 is 1.35 bits per heavy atom. The minimum absolute atomic E-state index is 0.0138. The molecule has 0 unspecified atom stereocenters. The molecule has 0 aromatic heterocycles. The minimum atomic E-state index is -3.77. The summed E-state index contributed by atoms with van der Waals surface area (Å²) in [4.78, 5) is 13.1. The van der Waals surface area contributed by atoms with E-state index in [0.717, 1.165) is 0 Å². The first-order chi connectivity index (χ1) is 7.73. The third kappa shape index (κ3) is 3.44. The van der Waals surface area contributed by atoms with Gasteiger partial charge in [-0.25, -0.2) is 8.42 Å². The van der Waals surface area contributed by atoms with Gasteiger partial charge in [-0.15, -0.1) is 0 Å². The van der Waals surface area contributed by atoms with Crippen molar-refractivity contribution in [3.63, 3.8) is 0 Å². The zero-order valence-electron chi connectivity index (χ0n) is 9.84. The molecule has 0 spiro atoms. The van der Waals surface area contributed by atoms with E-state index in [2.05, 4.69) is 0 Å². The molecule has 0 aliphatic rings. The highest BCUT2D eigenvalue weighted by molar-refractivity contribution is 8.13. The number of carbonyl (C=O) groups excluding carboxylic acids is 1. The van der Waals surface area contributed by atoms with Crippen LogP contribution in [0.2, 0.25) is 0 Å². The van der Waals surface area contributed by atoms with E-state index in [0.29, 0.717) is 5.69 Å². The van der Waals surface area contributed by atoms with Gasteiger partial charge in [-0.3, -0.25) is 4.79 Å². The maximum Gasteiger partial charge on any atom is 0.261 e. The largest absolute Gasteiger partial charge is 0.315 e. The summed E-state index contributed by atoms with van der Waals surface area (Å²) >= 11 is 0. The van der Waals surface area contributed by atoms with E-state index in [1.165, 1.54) is 17.0 Å². The SMILES string of the molecule is CC(C)C(=O)N(C)c1cccc(S(=O)(=O)Cl)c1. The number of rotatable bonds is 3. The number of hydrogen-bond donors (Lipinski definition) is 0. The van der Waals surface area contributed by atoms with Gasteiger partial charge in [0, 0.05) is 29.3 Å². The number of benzene rings is 1. The molecular weight excluding hydrogens is 262 g/mol. The van der Waals surface area contributed by atoms with Gasteiger partial charge in [-0.05, 0) is 18.2 Å². The van der Waals surface area contributed by atoms with Crippen LogP contribution in [-0.2, 0) is 13.8 Å². The number of hydrogen-bond acceptors (Lipinski definition) is 3. The predicted octanol–water partition coefficient (Wildman–Crippen LogP) is 2.23. The van der Waals surface area contributed by atoms with Crippen molar-refractivity contribution in [3.8, 4) is 0 Å². The van der Waals surface area contributed by atoms with Gasteiger partial charge in [0.15, 0.2) is 0 Å². The van der Waals surface area contributed by atoms with Gasteiger partial charge in [-0.1, -0.05) is 19.9 Å². The molecule has 1 amide bonds. The molecule has 0 aliphatic carbocycles. The first-order valence-corrected chi connectivity index (χ1v) is 7.36. The standard InChI is InChI=1S/C11H14ClNO3S/c1-8(2)11(14)13(3)9-5-4-6-10(7-9)17(12,15)16/h4-8H,1-3H3. The van der Waals surface area contributed by atoms with E-state index in [-0.39, 0.29) is 16.7 Å². The lowest BCUT2D eigenvalue weighted by Crippen LogP contribution is -2.30. The summed E-state index contributed by atoms with van der Waals surface area (Å²) in [6, 6.07) is 5.97. The maximum atomic E-state index is 11.7. The van der Waals surface area contributed by atoms with Crippen LogP contribution in [0.1, 0.15) is 13.8 Å². The lowest BCUT2D eigenvalue weighted by Gasteiger charge is -2.19. The Morgan fingerprint density at radius 2 is 1.94 bits per heavy atom. The Kier molecular flexibility index (Phi) is 4.16. The highest BCUT2D eigenvalue weighted by atomic mass is 35.7. The van der Waals surface area contributed by atoms with Gasteiger partial charge in [0.25, 0.3) is 9.05 Å². The summed E-state index contributed by atoms with van der Waals surface area (Å²) in [7, 11) is 3.08. The molecule has 1 aromatic carbocycles. The predicted molar refractivity (Wildman–Crippen MR) is 67.7 cm³/mol. The molecule has 0 N–H and O–H groups in total. The fourth-order valence-electron chi connectivity index (χ4n) is 1.36. The molecule has 17 heavy (non-hydrogen) atoms. The lowest BCUT2D eigenvalue weighted by atomic mass is 10.2. The second-order valence-corrected chi connectivity index (χ2v) is 6.55. The van der Waals surface area contributed by atoms with Crippen LogP contribution in [0.25, 0.3) is 0 Å². The molecule has 1 aromatic rings. The van der Waals surface area contributed by atoms with E-state index >= 15 is 0 Å². The van der Waals surface area contributed by atoms with Gasteiger partial charge < -0.3 is 4.90 Å². The first-order valence-electron chi connectivity index (χ1n) is 5.06. The Hall–Kier alpha value is -1.07. The summed E-state index contributed by atoms with van der Waals surface area (Å²) in [5, 5.41) is 0. The molecule has 0 saturated heterocycles. The summed E-state index contributed by atoms with van der Waals surface area (Å²) in [5.74, 6) is -0.245. The third-order valence-corrected chi connectivity index (χ3v) is 3.66. The van der Waals surface area contributed by atoms with Crippen molar-refractivity contribution in [2.75, 3.05) is 11.9 Å². The van der Waals surface area contributed by atoms with Crippen LogP contribution in [-0.4, -0.2) is 21.4 Å². The molecule has 4 nitrogen and oxygen atoms in total. The van der Waals surface area contributed by atoms with E-state index in [9.17, 15) is 13.2 Å². The highest BCUT2D eigenvalue weighted by Crippen LogP contribution is 2.22. The zero-order chi connectivity index (χ0) is 13.2. The van der Waals surface area contributed by atoms with Gasteiger partial charge >= 0.3 is 0 Å². The van der Waals surface area contributed by atoms with Crippen molar-refractivity contribution in [2.45, 2.75) is 18.7 Å². The molecule has 0 saturated carbocycles. The third-order valence-electron chi connectivity index (χ3n) is 2.31. The van der Waals surface area contributed by atoms with Crippen molar-refractivity contribution in [2.24, 2.45) is 5.92 Å². The minimum Gasteiger partial charge on any atom is -0.315 e. The molecule has 0 fully saturated rings. The summed E-state index contributed by atoms with van der Waals surface area (Å²) in [5.41, 5.74) is 0.505.